The summed E-state index contributed by atoms with van der Waals surface area (Å²) < 4.78 is 33.1. The van der Waals surface area contributed by atoms with Crippen molar-refractivity contribution >= 4 is 8.25 Å². The van der Waals surface area contributed by atoms with Gasteiger partial charge in [-0.3, -0.25) is 0 Å². The van der Waals surface area contributed by atoms with Gasteiger partial charge in [0.05, 0.1) is 0 Å². The highest BCUT2D eigenvalue weighted by molar-refractivity contribution is 7.33. The van der Waals surface area contributed by atoms with Gasteiger partial charge in [0.2, 0.25) is 5.75 Å². The Hall–Kier alpha value is -0.990. The molecule has 0 heterocycles. The van der Waals surface area contributed by atoms with Gasteiger partial charge in [-0.2, -0.15) is 0 Å². The molecule has 0 N–H and O–H groups in total. The predicted molar refractivity (Wildman–Crippen MR) is 46.3 cm³/mol. The number of hydrogen-bond acceptors (Lipinski definition) is 3. The molecule has 0 aliphatic heterocycles. The van der Waals surface area contributed by atoms with E-state index in [0.29, 0.717) is 0 Å². The quantitative estimate of drug-likeness (QED) is 0.705. The molecule has 0 saturated carbocycles. The molecular formula is C8H9FO3P+. The summed E-state index contributed by atoms with van der Waals surface area (Å²) in [6, 6.07) is 5.73. The van der Waals surface area contributed by atoms with E-state index in [9.17, 15) is 8.96 Å². The molecule has 1 aromatic carbocycles. The fourth-order valence-corrected chi connectivity index (χ4v) is 1.30. The van der Waals surface area contributed by atoms with Crippen LogP contribution in [0, 0.1) is 5.82 Å². The van der Waals surface area contributed by atoms with Gasteiger partial charge in [0.15, 0.2) is 5.82 Å². The van der Waals surface area contributed by atoms with Crippen LogP contribution >= 0.6 is 8.25 Å². The van der Waals surface area contributed by atoms with Crippen molar-refractivity contribution in [3.05, 3.63) is 30.1 Å². The fraction of sp³-hybridized carbons (Fsp3) is 0.250. The summed E-state index contributed by atoms with van der Waals surface area (Å²) in [6.45, 7) is 1.95. The molecule has 1 unspecified atom stereocenters. The molecule has 0 radical (unpaired) electrons. The van der Waals surface area contributed by atoms with E-state index in [1.807, 2.05) is 0 Å². The number of para-hydroxylation sites is 1. The summed E-state index contributed by atoms with van der Waals surface area (Å²) in [6.07, 6.45) is 0. The minimum Gasteiger partial charge on any atom is -0.226 e. The van der Waals surface area contributed by atoms with Gasteiger partial charge in [0.1, 0.15) is 6.61 Å². The second-order valence-corrected chi connectivity index (χ2v) is 3.05. The monoisotopic (exact) mass is 203 g/mol. The van der Waals surface area contributed by atoms with Gasteiger partial charge in [0, 0.05) is 4.57 Å². The van der Waals surface area contributed by atoms with E-state index in [1.54, 1.807) is 13.0 Å². The molecule has 0 spiro atoms. The second-order valence-electron chi connectivity index (χ2n) is 2.16. The van der Waals surface area contributed by atoms with Crippen molar-refractivity contribution in [3.63, 3.8) is 0 Å². The summed E-state index contributed by atoms with van der Waals surface area (Å²) >= 11 is 0. The molecule has 70 valence electrons. The van der Waals surface area contributed by atoms with Crippen LogP contribution in [0.3, 0.4) is 0 Å². The maximum absolute atomic E-state index is 12.9. The summed E-state index contributed by atoms with van der Waals surface area (Å²) in [5.74, 6) is -0.609. The Balaban J connectivity index is 2.63. The minimum atomic E-state index is -2.26. The molecule has 0 aromatic heterocycles. The van der Waals surface area contributed by atoms with E-state index in [1.165, 1.54) is 18.2 Å². The summed E-state index contributed by atoms with van der Waals surface area (Å²) in [5, 5.41) is 0. The first-order valence-electron chi connectivity index (χ1n) is 3.76. The number of halogens is 1. The van der Waals surface area contributed by atoms with Crippen molar-refractivity contribution in [3.8, 4) is 5.75 Å². The molecule has 0 saturated heterocycles. The average Bonchev–Trinajstić information content (AvgIpc) is 2.09. The Morgan fingerprint density at radius 3 is 2.77 bits per heavy atom. The lowest BCUT2D eigenvalue weighted by atomic mass is 10.3. The summed E-state index contributed by atoms with van der Waals surface area (Å²) in [5.41, 5.74) is 0. The van der Waals surface area contributed by atoms with Crippen LogP contribution in [0.4, 0.5) is 4.39 Å². The largest absolute Gasteiger partial charge is 0.750 e. The highest BCUT2D eigenvalue weighted by atomic mass is 31.1. The van der Waals surface area contributed by atoms with Crippen molar-refractivity contribution in [1.29, 1.82) is 0 Å². The third-order valence-electron chi connectivity index (χ3n) is 1.24. The maximum Gasteiger partial charge on any atom is 0.750 e. The van der Waals surface area contributed by atoms with E-state index >= 15 is 0 Å². The number of hydrogen-bond donors (Lipinski definition) is 0. The van der Waals surface area contributed by atoms with Crippen LogP contribution in [0.5, 0.6) is 5.75 Å². The van der Waals surface area contributed by atoms with Gasteiger partial charge in [-0.1, -0.05) is 12.1 Å². The van der Waals surface area contributed by atoms with Crippen LogP contribution in [0.1, 0.15) is 6.92 Å². The van der Waals surface area contributed by atoms with Gasteiger partial charge < -0.3 is 0 Å². The molecule has 1 atom stereocenters. The number of rotatable bonds is 4. The Kier molecular flexibility index (Phi) is 3.80. The van der Waals surface area contributed by atoms with Crippen molar-refractivity contribution in [2.45, 2.75) is 6.92 Å². The Morgan fingerprint density at radius 2 is 2.15 bits per heavy atom. The van der Waals surface area contributed by atoms with Crippen molar-refractivity contribution in [1.82, 2.24) is 0 Å². The molecule has 0 bridgehead atoms. The zero-order chi connectivity index (χ0) is 9.68. The van der Waals surface area contributed by atoms with Crippen LogP contribution in [0.2, 0.25) is 0 Å². The predicted octanol–water partition coefficient (Wildman–Crippen LogP) is 2.90. The lowest BCUT2D eigenvalue weighted by Gasteiger charge is -1.92. The molecule has 1 aromatic rings. The van der Waals surface area contributed by atoms with Gasteiger partial charge in [-0.05, 0) is 19.1 Å². The zero-order valence-corrected chi connectivity index (χ0v) is 7.96. The standard InChI is InChI=1S/C8H9FO3P/c1-2-11-13(10)12-8-6-4-3-5-7(8)9/h3-6H,2H2,1H3/q+1. The fourth-order valence-electron chi connectivity index (χ4n) is 0.731. The second kappa shape index (κ2) is 4.90. The smallest absolute Gasteiger partial charge is 0.226 e. The van der Waals surface area contributed by atoms with Crippen molar-refractivity contribution in [2.24, 2.45) is 0 Å². The SMILES string of the molecule is CCO[P+](=O)Oc1ccccc1F. The third kappa shape index (κ3) is 3.09. The van der Waals surface area contributed by atoms with E-state index in [2.05, 4.69) is 4.52 Å². The molecule has 5 heteroatoms. The average molecular weight is 203 g/mol. The van der Waals surface area contributed by atoms with Crippen molar-refractivity contribution in [2.75, 3.05) is 6.61 Å². The molecule has 13 heavy (non-hydrogen) atoms. The lowest BCUT2D eigenvalue weighted by molar-refractivity contribution is 0.299. The summed E-state index contributed by atoms with van der Waals surface area (Å²) in [4.78, 5) is 0. The Morgan fingerprint density at radius 1 is 1.46 bits per heavy atom. The first-order chi connectivity index (χ1) is 6.24. The molecule has 0 amide bonds. The maximum atomic E-state index is 12.9. The molecule has 0 aliphatic carbocycles. The first kappa shape index (κ1) is 10.1. The molecular weight excluding hydrogens is 194 g/mol. The first-order valence-corrected chi connectivity index (χ1v) is 4.86. The van der Waals surface area contributed by atoms with Crippen molar-refractivity contribution < 1.29 is 18.0 Å². The Labute approximate surface area is 76.4 Å². The van der Waals surface area contributed by atoms with Crippen LogP contribution in [0.25, 0.3) is 0 Å². The molecule has 3 nitrogen and oxygen atoms in total. The Bertz CT molecular complexity index is 303. The number of benzene rings is 1. The van der Waals surface area contributed by atoms with Gasteiger partial charge in [-0.15, -0.1) is 4.52 Å². The van der Waals surface area contributed by atoms with Gasteiger partial charge in [0.25, 0.3) is 0 Å². The normalized spacial score (nSPS) is 11.1. The minimum absolute atomic E-state index is 0.0583. The topological polar surface area (TPSA) is 35.5 Å². The van der Waals surface area contributed by atoms with Gasteiger partial charge in [-0.25, -0.2) is 8.91 Å². The van der Waals surface area contributed by atoms with E-state index < -0.39 is 14.1 Å². The van der Waals surface area contributed by atoms with Gasteiger partial charge >= 0.3 is 8.25 Å². The summed E-state index contributed by atoms with van der Waals surface area (Å²) in [7, 11) is -2.26. The lowest BCUT2D eigenvalue weighted by Crippen LogP contribution is -1.88. The van der Waals surface area contributed by atoms with E-state index in [0.717, 1.165) is 0 Å². The molecule has 1 rings (SSSR count). The van der Waals surface area contributed by atoms with E-state index in [4.69, 9.17) is 4.52 Å². The van der Waals surface area contributed by atoms with E-state index in [-0.39, 0.29) is 12.4 Å². The zero-order valence-electron chi connectivity index (χ0n) is 7.07. The molecule has 0 fully saturated rings. The highest BCUT2D eigenvalue weighted by Gasteiger charge is 2.22. The van der Waals surface area contributed by atoms with Crippen LogP contribution in [0.15, 0.2) is 24.3 Å². The van der Waals surface area contributed by atoms with Crippen LogP contribution in [-0.2, 0) is 9.09 Å². The van der Waals surface area contributed by atoms with Crippen LogP contribution in [-0.4, -0.2) is 6.61 Å². The molecule has 0 aliphatic rings. The third-order valence-corrected chi connectivity index (χ3v) is 2.06. The van der Waals surface area contributed by atoms with Crippen LogP contribution < -0.4 is 4.52 Å². The highest BCUT2D eigenvalue weighted by Crippen LogP contribution is 2.29.